The van der Waals surface area contributed by atoms with E-state index in [4.69, 9.17) is 19.6 Å². The number of methoxy groups -OCH3 is 2. The molecule has 30 heavy (non-hydrogen) atoms. The molecule has 1 aliphatic heterocycles. The van der Waals surface area contributed by atoms with E-state index in [1.165, 1.54) is 0 Å². The molecule has 1 atom stereocenters. The van der Waals surface area contributed by atoms with Crippen molar-refractivity contribution in [3.8, 4) is 22.8 Å². The number of benzene rings is 1. The summed E-state index contributed by atoms with van der Waals surface area (Å²) in [6.07, 6.45) is 0.912. The quantitative estimate of drug-likeness (QED) is 0.698. The molecule has 1 N–H and O–H groups in total. The third kappa shape index (κ3) is 3.53. The summed E-state index contributed by atoms with van der Waals surface area (Å²) in [6.45, 7) is 7.16. The summed E-state index contributed by atoms with van der Waals surface area (Å²) in [5.41, 5.74) is 5.52. The second-order valence-electron chi connectivity index (χ2n) is 7.65. The van der Waals surface area contributed by atoms with Crippen LogP contribution in [-0.4, -0.2) is 53.9 Å². The smallest absolute Gasteiger partial charge is 0.217 e. The van der Waals surface area contributed by atoms with Gasteiger partial charge >= 0.3 is 0 Å². The average molecular weight is 409 g/mol. The summed E-state index contributed by atoms with van der Waals surface area (Å²) < 4.78 is 12.8. The zero-order chi connectivity index (χ0) is 21.4. The third-order valence-corrected chi connectivity index (χ3v) is 5.45. The van der Waals surface area contributed by atoms with Gasteiger partial charge in [-0.15, -0.1) is 0 Å². The fourth-order valence-electron chi connectivity index (χ4n) is 4.16. The van der Waals surface area contributed by atoms with Crippen LogP contribution in [-0.2, 0) is 4.79 Å². The van der Waals surface area contributed by atoms with E-state index in [2.05, 4.69) is 16.3 Å². The Bertz CT molecular complexity index is 1110. The lowest BCUT2D eigenvalue weighted by Gasteiger charge is -2.20. The maximum atomic E-state index is 11.4. The molecule has 8 heteroatoms. The molecule has 3 heterocycles. The van der Waals surface area contributed by atoms with Crippen molar-refractivity contribution >= 4 is 17.2 Å². The first-order chi connectivity index (χ1) is 14.4. The fraction of sp³-hybridized carbons (Fsp3) is 0.409. The first kappa shape index (κ1) is 20.0. The van der Waals surface area contributed by atoms with E-state index in [1.54, 1.807) is 21.1 Å². The molecule has 1 unspecified atom stereocenters. The van der Waals surface area contributed by atoms with Crippen molar-refractivity contribution in [3.63, 3.8) is 0 Å². The van der Waals surface area contributed by atoms with Crippen LogP contribution in [0.1, 0.15) is 24.7 Å². The second kappa shape index (κ2) is 7.85. The van der Waals surface area contributed by atoms with Gasteiger partial charge < -0.3 is 19.7 Å². The highest BCUT2D eigenvalue weighted by Crippen LogP contribution is 2.35. The average Bonchev–Trinajstić information content (AvgIpc) is 3.30. The lowest BCUT2D eigenvalue weighted by Crippen LogP contribution is -2.35. The Labute approximate surface area is 175 Å². The fourth-order valence-corrected chi connectivity index (χ4v) is 4.16. The van der Waals surface area contributed by atoms with Crippen LogP contribution in [0.2, 0.25) is 0 Å². The molecule has 0 bridgehead atoms. The van der Waals surface area contributed by atoms with Crippen LogP contribution < -0.4 is 19.7 Å². The molecule has 2 aromatic heterocycles. The minimum Gasteiger partial charge on any atom is -0.493 e. The summed E-state index contributed by atoms with van der Waals surface area (Å²) >= 11 is 0. The number of hydrogen-bond donors (Lipinski definition) is 1. The van der Waals surface area contributed by atoms with Crippen LogP contribution in [0.15, 0.2) is 24.3 Å². The normalized spacial score (nSPS) is 16.2. The molecule has 1 amide bonds. The Kier molecular flexibility index (Phi) is 5.24. The van der Waals surface area contributed by atoms with E-state index in [1.807, 2.05) is 36.6 Å². The van der Waals surface area contributed by atoms with Crippen molar-refractivity contribution in [3.05, 3.63) is 35.7 Å². The van der Waals surface area contributed by atoms with Crippen LogP contribution in [0.25, 0.3) is 16.9 Å². The number of amides is 1. The zero-order valence-corrected chi connectivity index (χ0v) is 18.0. The highest BCUT2D eigenvalue weighted by Gasteiger charge is 2.27. The first-order valence-electron chi connectivity index (χ1n) is 10.0. The Morgan fingerprint density at radius 1 is 1.17 bits per heavy atom. The van der Waals surface area contributed by atoms with Gasteiger partial charge in [-0.1, -0.05) is 0 Å². The number of fused-ring (bicyclic) bond motifs is 1. The van der Waals surface area contributed by atoms with Gasteiger partial charge in [-0.3, -0.25) is 4.79 Å². The number of anilines is 1. The topological polar surface area (TPSA) is 81.0 Å². The predicted octanol–water partition coefficient (Wildman–Crippen LogP) is 2.75. The number of carbonyl (C=O) groups excluding carboxylic acids is 1. The van der Waals surface area contributed by atoms with E-state index in [-0.39, 0.29) is 11.9 Å². The van der Waals surface area contributed by atoms with Crippen LogP contribution in [0, 0.1) is 13.8 Å². The van der Waals surface area contributed by atoms with Gasteiger partial charge in [0, 0.05) is 31.6 Å². The Hall–Kier alpha value is -3.29. The van der Waals surface area contributed by atoms with E-state index in [0.29, 0.717) is 11.5 Å². The summed E-state index contributed by atoms with van der Waals surface area (Å²) in [4.78, 5) is 18.6. The molecule has 8 nitrogen and oxygen atoms in total. The number of rotatable bonds is 5. The van der Waals surface area contributed by atoms with Crippen LogP contribution in [0.4, 0.5) is 5.69 Å². The van der Waals surface area contributed by atoms with E-state index in [9.17, 15) is 4.79 Å². The molecule has 0 radical (unpaired) electrons. The summed E-state index contributed by atoms with van der Waals surface area (Å²) in [5.74, 6) is 1.35. The van der Waals surface area contributed by atoms with Crippen LogP contribution in [0.5, 0.6) is 11.5 Å². The molecule has 1 aromatic carbocycles. The number of aromatic nitrogens is 3. The zero-order valence-electron chi connectivity index (χ0n) is 18.0. The van der Waals surface area contributed by atoms with Crippen molar-refractivity contribution in [1.82, 2.24) is 19.9 Å². The number of ether oxygens (including phenoxy) is 2. The van der Waals surface area contributed by atoms with Gasteiger partial charge in [-0.25, -0.2) is 9.50 Å². The van der Waals surface area contributed by atoms with E-state index in [0.717, 1.165) is 53.5 Å². The van der Waals surface area contributed by atoms with Gasteiger partial charge in [-0.2, -0.15) is 5.10 Å². The van der Waals surface area contributed by atoms with Gasteiger partial charge in [0.2, 0.25) is 5.91 Å². The monoisotopic (exact) mass is 409 g/mol. The second-order valence-corrected chi connectivity index (χ2v) is 7.65. The standard InChI is InChI=1S/C22H27N5O3/c1-13-10-18(26-9-8-17(12-26)24-15(3)28)22-23-14(2)21(27(22)25-13)16-6-7-19(29-4)20(11-16)30-5/h6-7,10-11,17H,8-9,12H2,1-5H3,(H,24,28). The molecule has 158 valence electrons. The number of hydrogen-bond acceptors (Lipinski definition) is 6. The van der Waals surface area contributed by atoms with E-state index >= 15 is 0 Å². The molecule has 3 aromatic rings. The number of carbonyl (C=O) groups is 1. The minimum atomic E-state index is 0.00491. The summed E-state index contributed by atoms with van der Waals surface area (Å²) in [5, 5.41) is 7.78. The molecule has 1 fully saturated rings. The molecular formula is C22H27N5O3. The predicted molar refractivity (Wildman–Crippen MR) is 115 cm³/mol. The van der Waals surface area contributed by atoms with Gasteiger partial charge in [0.1, 0.15) is 0 Å². The highest BCUT2D eigenvalue weighted by atomic mass is 16.5. The van der Waals surface area contributed by atoms with Crippen molar-refractivity contribution in [2.24, 2.45) is 0 Å². The Balaban J connectivity index is 1.79. The molecular weight excluding hydrogens is 382 g/mol. The van der Waals surface area contributed by atoms with Crippen molar-refractivity contribution in [1.29, 1.82) is 0 Å². The Morgan fingerprint density at radius 2 is 1.93 bits per heavy atom. The molecule has 0 saturated carbocycles. The summed E-state index contributed by atoms with van der Waals surface area (Å²) in [7, 11) is 3.25. The van der Waals surface area contributed by atoms with Crippen LogP contribution in [0.3, 0.4) is 0 Å². The van der Waals surface area contributed by atoms with Crippen molar-refractivity contribution < 1.29 is 14.3 Å². The largest absolute Gasteiger partial charge is 0.493 e. The van der Waals surface area contributed by atoms with Crippen LogP contribution >= 0.6 is 0 Å². The molecule has 1 saturated heterocycles. The van der Waals surface area contributed by atoms with E-state index < -0.39 is 0 Å². The number of nitrogens with zero attached hydrogens (tertiary/aromatic N) is 4. The number of aryl methyl sites for hydroxylation is 2. The van der Waals surface area contributed by atoms with Gasteiger partial charge in [-0.05, 0) is 44.5 Å². The van der Waals surface area contributed by atoms with Crippen molar-refractivity contribution in [2.75, 3.05) is 32.2 Å². The van der Waals surface area contributed by atoms with Gasteiger partial charge in [0.25, 0.3) is 0 Å². The first-order valence-corrected chi connectivity index (χ1v) is 10.0. The number of imidazole rings is 1. The molecule has 1 aliphatic rings. The third-order valence-electron chi connectivity index (χ3n) is 5.45. The SMILES string of the molecule is COc1ccc(-c2c(C)nc3c(N4CCC(NC(C)=O)C4)cc(C)nn23)cc1OC. The lowest BCUT2D eigenvalue weighted by molar-refractivity contribution is -0.119. The molecule has 4 rings (SSSR count). The molecule has 0 spiro atoms. The van der Waals surface area contributed by atoms with Gasteiger partial charge in [0.05, 0.1) is 37.0 Å². The van der Waals surface area contributed by atoms with Crippen molar-refractivity contribution in [2.45, 2.75) is 33.2 Å². The maximum Gasteiger partial charge on any atom is 0.217 e. The Morgan fingerprint density at radius 3 is 2.63 bits per heavy atom. The highest BCUT2D eigenvalue weighted by molar-refractivity contribution is 5.77. The maximum absolute atomic E-state index is 11.4. The number of nitrogens with one attached hydrogen (secondary N) is 1. The van der Waals surface area contributed by atoms with Gasteiger partial charge in [0.15, 0.2) is 17.1 Å². The summed E-state index contributed by atoms with van der Waals surface area (Å²) in [6, 6.07) is 8.04. The minimum absolute atomic E-state index is 0.00491. The molecule has 0 aliphatic carbocycles. The lowest BCUT2D eigenvalue weighted by atomic mass is 10.1.